The molecule has 1 N–H and O–H groups in total. The van der Waals surface area contributed by atoms with Gasteiger partial charge in [0.1, 0.15) is 0 Å². The summed E-state index contributed by atoms with van der Waals surface area (Å²) in [7, 11) is 1.46. The van der Waals surface area contributed by atoms with Gasteiger partial charge in [0.25, 0.3) is 11.8 Å². The highest BCUT2D eigenvalue weighted by molar-refractivity contribution is 6.21. The predicted octanol–water partition coefficient (Wildman–Crippen LogP) is 3.68. The van der Waals surface area contributed by atoms with Gasteiger partial charge in [-0.2, -0.15) is 0 Å². The molecule has 0 saturated heterocycles. The monoisotopic (exact) mass is 350 g/mol. The lowest BCUT2D eigenvalue weighted by Crippen LogP contribution is -2.26. The number of imide groups is 1. The van der Waals surface area contributed by atoms with Crippen molar-refractivity contribution in [1.82, 2.24) is 4.90 Å². The van der Waals surface area contributed by atoms with E-state index in [0.29, 0.717) is 16.8 Å². The van der Waals surface area contributed by atoms with Gasteiger partial charge in [0, 0.05) is 12.7 Å². The van der Waals surface area contributed by atoms with Crippen molar-refractivity contribution in [3.63, 3.8) is 0 Å². The molecule has 0 bridgehead atoms. The molecule has 5 heteroatoms. The second-order valence-electron chi connectivity index (χ2n) is 6.69. The van der Waals surface area contributed by atoms with Crippen LogP contribution in [0.3, 0.4) is 0 Å². The predicted molar refractivity (Wildman–Crippen MR) is 100 cm³/mol. The molecule has 0 aromatic heterocycles. The van der Waals surface area contributed by atoms with Gasteiger partial charge in [-0.05, 0) is 29.7 Å². The lowest BCUT2D eigenvalue weighted by molar-refractivity contribution is -0.118. The van der Waals surface area contributed by atoms with Crippen molar-refractivity contribution in [2.75, 3.05) is 12.4 Å². The fraction of sp³-hybridized carbons (Fsp3) is 0.286. The minimum atomic E-state index is -0.345. The number of nitrogens with zero attached hydrogens (tertiary/aromatic N) is 1. The molecule has 2 aromatic carbocycles. The summed E-state index contributed by atoms with van der Waals surface area (Å²) in [5.41, 5.74) is 2.19. The molecule has 134 valence electrons. The molecular weight excluding hydrogens is 328 g/mol. The summed E-state index contributed by atoms with van der Waals surface area (Å²) in [5, 5.41) is 2.91. The number of nitrogens with one attached hydrogen (secondary N) is 1. The number of carbonyl (C=O) groups excluding carboxylic acids is 3. The lowest BCUT2D eigenvalue weighted by atomic mass is 9.85. The van der Waals surface area contributed by atoms with Gasteiger partial charge < -0.3 is 5.32 Å². The van der Waals surface area contributed by atoms with Crippen LogP contribution in [0, 0.1) is 5.92 Å². The van der Waals surface area contributed by atoms with Crippen LogP contribution in [-0.4, -0.2) is 29.7 Å². The average Bonchev–Trinajstić information content (AvgIpc) is 2.86. The van der Waals surface area contributed by atoms with Crippen molar-refractivity contribution in [1.29, 1.82) is 0 Å². The summed E-state index contributed by atoms with van der Waals surface area (Å²) >= 11 is 0. The molecule has 26 heavy (non-hydrogen) atoms. The van der Waals surface area contributed by atoms with Crippen molar-refractivity contribution in [3.8, 4) is 0 Å². The molecule has 1 aliphatic rings. The molecule has 3 rings (SSSR count). The van der Waals surface area contributed by atoms with Crippen LogP contribution < -0.4 is 5.32 Å². The number of hydrogen-bond acceptors (Lipinski definition) is 3. The zero-order chi connectivity index (χ0) is 18.8. The third kappa shape index (κ3) is 3.12. The maximum Gasteiger partial charge on any atom is 0.261 e. The lowest BCUT2D eigenvalue weighted by Gasteiger charge is -2.23. The summed E-state index contributed by atoms with van der Waals surface area (Å²) in [6.45, 7) is 4.11. The van der Waals surface area contributed by atoms with E-state index in [-0.39, 0.29) is 29.6 Å². The third-order valence-electron chi connectivity index (χ3n) is 5.01. The molecule has 2 atom stereocenters. The Morgan fingerprint density at radius 2 is 1.69 bits per heavy atom. The van der Waals surface area contributed by atoms with E-state index < -0.39 is 0 Å². The van der Waals surface area contributed by atoms with Gasteiger partial charge in [-0.15, -0.1) is 0 Å². The Morgan fingerprint density at radius 1 is 1.04 bits per heavy atom. The van der Waals surface area contributed by atoms with Crippen LogP contribution in [0.2, 0.25) is 0 Å². The van der Waals surface area contributed by atoms with E-state index in [0.717, 1.165) is 16.9 Å². The largest absolute Gasteiger partial charge is 0.326 e. The first-order chi connectivity index (χ1) is 12.4. The third-order valence-corrected chi connectivity index (χ3v) is 5.01. The van der Waals surface area contributed by atoms with Crippen LogP contribution in [0.4, 0.5) is 5.69 Å². The second kappa shape index (κ2) is 7.12. The van der Waals surface area contributed by atoms with E-state index in [1.165, 1.54) is 7.05 Å². The molecule has 1 heterocycles. The highest BCUT2D eigenvalue weighted by Crippen LogP contribution is 2.30. The Bertz CT molecular complexity index is 861. The summed E-state index contributed by atoms with van der Waals surface area (Å²) in [4.78, 5) is 38.2. The molecule has 0 spiro atoms. The average molecular weight is 350 g/mol. The van der Waals surface area contributed by atoms with E-state index in [1.54, 1.807) is 18.2 Å². The van der Waals surface area contributed by atoms with Gasteiger partial charge in [-0.3, -0.25) is 19.3 Å². The Labute approximate surface area is 153 Å². The van der Waals surface area contributed by atoms with Gasteiger partial charge >= 0.3 is 0 Å². The van der Waals surface area contributed by atoms with Crippen LogP contribution in [0.15, 0.2) is 48.5 Å². The van der Waals surface area contributed by atoms with Crippen molar-refractivity contribution in [2.24, 2.45) is 5.92 Å². The standard InChI is InChI=1S/C21H22N2O3/c1-4-13(2)18(14-8-6-5-7-9-14)19(24)22-15-10-11-16-17(12-15)21(26)23(3)20(16)25/h5-13,18H,4H2,1-3H3,(H,22,24). The molecule has 0 radical (unpaired) electrons. The first kappa shape index (κ1) is 17.9. The van der Waals surface area contributed by atoms with E-state index in [1.807, 2.05) is 30.3 Å². The second-order valence-corrected chi connectivity index (χ2v) is 6.69. The zero-order valence-corrected chi connectivity index (χ0v) is 15.2. The SMILES string of the molecule is CCC(C)C(C(=O)Nc1ccc2c(c1)C(=O)N(C)C2=O)c1ccccc1. The topological polar surface area (TPSA) is 66.5 Å². The Balaban J connectivity index is 1.87. The fourth-order valence-electron chi connectivity index (χ4n) is 3.29. The first-order valence-electron chi connectivity index (χ1n) is 8.76. The first-order valence-corrected chi connectivity index (χ1v) is 8.76. The van der Waals surface area contributed by atoms with Gasteiger partial charge in [-0.25, -0.2) is 0 Å². The number of amides is 3. The highest BCUT2D eigenvalue weighted by Gasteiger charge is 2.33. The van der Waals surface area contributed by atoms with Crippen molar-refractivity contribution in [2.45, 2.75) is 26.2 Å². The summed E-state index contributed by atoms with van der Waals surface area (Å²) in [6.07, 6.45) is 0.870. The quantitative estimate of drug-likeness (QED) is 0.837. The molecule has 1 aliphatic heterocycles. The zero-order valence-electron chi connectivity index (χ0n) is 15.2. The molecule has 3 amide bonds. The minimum Gasteiger partial charge on any atom is -0.326 e. The number of benzene rings is 2. The Kier molecular flexibility index (Phi) is 4.89. The maximum atomic E-state index is 13.0. The van der Waals surface area contributed by atoms with Crippen LogP contribution in [0.1, 0.15) is 52.5 Å². The van der Waals surface area contributed by atoms with E-state index >= 15 is 0 Å². The van der Waals surface area contributed by atoms with Crippen LogP contribution in [0.25, 0.3) is 0 Å². The molecule has 0 saturated carbocycles. The van der Waals surface area contributed by atoms with E-state index in [2.05, 4.69) is 19.2 Å². The van der Waals surface area contributed by atoms with Crippen LogP contribution in [-0.2, 0) is 4.79 Å². The molecule has 2 aromatic rings. The van der Waals surface area contributed by atoms with Crippen molar-refractivity contribution < 1.29 is 14.4 Å². The van der Waals surface area contributed by atoms with E-state index in [4.69, 9.17) is 0 Å². The van der Waals surface area contributed by atoms with Crippen molar-refractivity contribution >= 4 is 23.4 Å². The summed E-state index contributed by atoms with van der Waals surface area (Å²) < 4.78 is 0. The Hall–Kier alpha value is -2.95. The number of hydrogen-bond donors (Lipinski definition) is 1. The number of anilines is 1. The van der Waals surface area contributed by atoms with Gasteiger partial charge in [0.2, 0.25) is 5.91 Å². The Morgan fingerprint density at radius 3 is 2.35 bits per heavy atom. The normalized spacial score (nSPS) is 15.6. The van der Waals surface area contributed by atoms with Crippen molar-refractivity contribution in [3.05, 3.63) is 65.2 Å². The number of fused-ring (bicyclic) bond motifs is 1. The maximum absolute atomic E-state index is 13.0. The molecule has 2 unspecified atom stereocenters. The number of carbonyl (C=O) groups is 3. The molecule has 0 aliphatic carbocycles. The highest BCUT2D eigenvalue weighted by atomic mass is 16.2. The van der Waals surface area contributed by atoms with Crippen LogP contribution in [0.5, 0.6) is 0 Å². The molecular formula is C21H22N2O3. The minimum absolute atomic E-state index is 0.115. The molecule has 0 fully saturated rings. The summed E-state index contributed by atoms with van der Waals surface area (Å²) in [5.74, 6) is -0.890. The fourth-order valence-corrected chi connectivity index (χ4v) is 3.29. The molecule has 5 nitrogen and oxygen atoms in total. The van der Waals surface area contributed by atoms with Gasteiger partial charge in [0.05, 0.1) is 17.0 Å². The van der Waals surface area contributed by atoms with Gasteiger partial charge in [0.15, 0.2) is 0 Å². The van der Waals surface area contributed by atoms with Gasteiger partial charge in [-0.1, -0.05) is 50.6 Å². The number of rotatable bonds is 5. The smallest absolute Gasteiger partial charge is 0.261 e. The summed E-state index contributed by atoms with van der Waals surface area (Å²) in [6, 6.07) is 14.5. The van der Waals surface area contributed by atoms with Crippen LogP contribution >= 0.6 is 0 Å². The van der Waals surface area contributed by atoms with E-state index in [9.17, 15) is 14.4 Å².